The Kier molecular flexibility index (Phi) is 6.84. The number of fused-ring (bicyclic) bond motifs is 2. The lowest BCUT2D eigenvalue weighted by molar-refractivity contribution is 0.0702. The summed E-state index contributed by atoms with van der Waals surface area (Å²) in [4.78, 5) is 13.0. The Labute approximate surface area is 240 Å². The van der Waals surface area contributed by atoms with Crippen molar-refractivity contribution in [3.8, 4) is 23.3 Å². The third-order valence-electron chi connectivity index (χ3n) is 6.97. The van der Waals surface area contributed by atoms with Crippen molar-refractivity contribution in [1.29, 1.82) is 5.26 Å². The van der Waals surface area contributed by atoms with Crippen LogP contribution < -0.4 is 19.9 Å². The summed E-state index contributed by atoms with van der Waals surface area (Å²) in [6.45, 7) is 2.10. The Morgan fingerprint density at radius 2 is 1.80 bits per heavy atom. The molecule has 1 aliphatic rings. The van der Waals surface area contributed by atoms with Crippen molar-refractivity contribution >= 4 is 28.5 Å². The fourth-order valence-electron chi connectivity index (χ4n) is 4.92. The van der Waals surface area contributed by atoms with E-state index < -0.39 is 11.9 Å². The van der Waals surface area contributed by atoms with E-state index in [1.54, 1.807) is 24.3 Å². The van der Waals surface area contributed by atoms with Crippen molar-refractivity contribution in [2.24, 2.45) is 5.73 Å². The molecule has 2 N–H and O–H groups in total. The summed E-state index contributed by atoms with van der Waals surface area (Å²) in [6.07, 6.45) is 0. The molecule has 0 saturated heterocycles. The molecule has 1 atom stereocenters. The van der Waals surface area contributed by atoms with Gasteiger partial charge in [0.25, 0.3) is 0 Å². The molecule has 1 aromatic heterocycles. The Morgan fingerprint density at radius 3 is 2.61 bits per heavy atom. The van der Waals surface area contributed by atoms with Crippen LogP contribution in [0.2, 0.25) is 5.02 Å². The van der Waals surface area contributed by atoms with E-state index in [2.05, 4.69) is 6.07 Å². The molecule has 0 amide bonds. The molecule has 2 heterocycles. The van der Waals surface area contributed by atoms with Crippen LogP contribution in [0.15, 0.2) is 107 Å². The molecular formula is C33H23ClN2O5. The first-order chi connectivity index (χ1) is 19.9. The second-order valence-electron chi connectivity index (χ2n) is 9.52. The first-order valence-electron chi connectivity index (χ1n) is 12.8. The first-order valence-corrected chi connectivity index (χ1v) is 13.2. The lowest BCUT2D eigenvalue weighted by atomic mass is 9.83. The van der Waals surface area contributed by atoms with E-state index >= 15 is 0 Å². The number of nitriles is 1. The van der Waals surface area contributed by atoms with Crippen LogP contribution in [0.5, 0.6) is 17.2 Å². The Balaban J connectivity index is 1.28. The summed E-state index contributed by atoms with van der Waals surface area (Å²) in [5.74, 6) is 0.188. The molecule has 0 saturated carbocycles. The van der Waals surface area contributed by atoms with Crippen molar-refractivity contribution in [2.45, 2.75) is 19.4 Å². The van der Waals surface area contributed by atoms with Crippen molar-refractivity contribution in [3.63, 3.8) is 0 Å². The number of allylic oxidation sites excluding steroid dienone is 1. The number of nitrogens with two attached hydrogens (primary N) is 1. The van der Waals surface area contributed by atoms with Crippen LogP contribution in [0.3, 0.4) is 0 Å². The van der Waals surface area contributed by atoms with E-state index in [0.717, 1.165) is 16.5 Å². The topological polar surface area (TPSA) is 108 Å². The van der Waals surface area contributed by atoms with Gasteiger partial charge in [-0.3, -0.25) is 0 Å². The van der Waals surface area contributed by atoms with Gasteiger partial charge in [0.05, 0.1) is 5.92 Å². The maximum atomic E-state index is 13.0. The number of ether oxygens (including phenoxy) is 3. The van der Waals surface area contributed by atoms with Gasteiger partial charge in [0.15, 0.2) is 0 Å². The van der Waals surface area contributed by atoms with Crippen LogP contribution in [0.4, 0.5) is 0 Å². The van der Waals surface area contributed by atoms with Crippen molar-refractivity contribution in [1.82, 2.24) is 0 Å². The van der Waals surface area contributed by atoms with Gasteiger partial charge in [-0.1, -0.05) is 66.2 Å². The van der Waals surface area contributed by atoms with Gasteiger partial charge in [-0.25, -0.2) is 4.79 Å². The van der Waals surface area contributed by atoms with E-state index in [1.807, 2.05) is 73.7 Å². The van der Waals surface area contributed by atoms with Gasteiger partial charge in [-0.05, 0) is 42.8 Å². The number of furan rings is 1. The Hall–Kier alpha value is -5.19. The number of para-hydroxylation sites is 1. The number of hydrogen-bond donors (Lipinski definition) is 1. The predicted molar refractivity (Wildman–Crippen MR) is 154 cm³/mol. The smallest absolute Gasteiger partial charge is 0.379 e. The number of nitrogens with zero attached hydrogens (tertiary/aromatic N) is 1. The summed E-state index contributed by atoms with van der Waals surface area (Å²) < 4.78 is 23.2. The minimum Gasteiger partial charge on any atom is -0.489 e. The number of halogens is 1. The van der Waals surface area contributed by atoms with E-state index in [0.29, 0.717) is 33.2 Å². The zero-order valence-corrected chi connectivity index (χ0v) is 22.6. The highest BCUT2D eigenvalue weighted by Gasteiger charge is 2.31. The van der Waals surface area contributed by atoms with E-state index in [-0.39, 0.29) is 29.6 Å². The second kappa shape index (κ2) is 10.8. The molecule has 7 nitrogen and oxygen atoms in total. The number of hydrogen-bond acceptors (Lipinski definition) is 7. The SMILES string of the molecule is Cc1c(C(=O)Oc2ccc3c(c2)OC(N)=C(C#N)C3c2cccc(OCc3ccccc3Cl)c2)oc2ccccc12. The van der Waals surface area contributed by atoms with Crippen molar-refractivity contribution < 1.29 is 23.4 Å². The lowest BCUT2D eigenvalue weighted by Gasteiger charge is -2.27. The second-order valence-corrected chi connectivity index (χ2v) is 9.93. The Bertz CT molecular complexity index is 1880. The highest BCUT2D eigenvalue weighted by atomic mass is 35.5. The van der Waals surface area contributed by atoms with Gasteiger partial charge in [-0.2, -0.15) is 5.26 Å². The van der Waals surface area contributed by atoms with Crippen LogP contribution in [0.25, 0.3) is 11.0 Å². The van der Waals surface area contributed by atoms with E-state index in [1.165, 1.54) is 0 Å². The summed E-state index contributed by atoms with van der Waals surface area (Å²) in [5, 5.41) is 11.4. The van der Waals surface area contributed by atoms with Crippen molar-refractivity contribution in [2.75, 3.05) is 0 Å². The molecule has 0 spiro atoms. The van der Waals surface area contributed by atoms with Crippen LogP contribution >= 0.6 is 11.6 Å². The molecule has 1 aliphatic heterocycles. The predicted octanol–water partition coefficient (Wildman–Crippen LogP) is 7.41. The molecule has 5 aromatic rings. The maximum Gasteiger partial charge on any atom is 0.379 e. The van der Waals surface area contributed by atoms with Crippen LogP contribution in [-0.4, -0.2) is 5.97 Å². The zero-order valence-electron chi connectivity index (χ0n) is 21.9. The zero-order chi connectivity index (χ0) is 28.5. The molecule has 1 unspecified atom stereocenters. The third kappa shape index (κ3) is 4.97. The molecule has 0 radical (unpaired) electrons. The standard InChI is InChI=1S/C33H23ClN2O5/c1-19-24-10-3-5-12-28(24)40-31(19)33(37)39-23-13-14-25-29(16-23)41-32(36)26(17-35)30(25)20-8-6-9-22(15-20)38-18-21-7-2-4-11-27(21)34/h2-16,30H,18,36H2,1H3. The van der Waals surface area contributed by atoms with Crippen LogP contribution in [0.1, 0.15) is 38.7 Å². The fraction of sp³-hybridized carbons (Fsp3) is 0.0909. The molecule has 6 rings (SSSR count). The summed E-state index contributed by atoms with van der Waals surface area (Å²) in [5.41, 5.74) is 10.1. The number of rotatable bonds is 6. The molecule has 0 bridgehead atoms. The largest absolute Gasteiger partial charge is 0.489 e. The minimum absolute atomic E-state index is 0.0241. The van der Waals surface area contributed by atoms with Gasteiger partial charge < -0.3 is 24.4 Å². The number of benzene rings is 4. The molecule has 202 valence electrons. The van der Waals surface area contributed by atoms with Gasteiger partial charge in [0, 0.05) is 33.2 Å². The fourth-order valence-corrected chi connectivity index (χ4v) is 5.12. The number of esters is 1. The molecule has 4 aromatic carbocycles. The number of carbonyl (C=O) groups excluding carboxylic acids is 1. The molecule has 8 heteroatoms. The Morgan fingerprint density at radius 1 is 1.00 bits per heavy atom. The molecular weight excluding hydrogens is 540 g/mol. The summed E-state index contributed by atoms with van der Waals surface area (Å²) >= 11 is 6.27. The molecule has 0 aliphatic carbocycles. The minimum atomic E-state index is -0.629. The van der Waals surface area contributed by atoms with Gasteiger partial charge in [0.1, 0.15) is 41.1 Å². The summed E-state index contributed by atoms with van der Waals surface area (Å²) in [6, 6.07) is 29.5. The number of aryl methyl sites for hydroxylation is 1. The highest BCUT2D eigenvalue weighted by Crippen LogP contribution is 2.44. The van der Waals surface area contributed by atoms with Gasteiger partial charge >= 0.3 is 5.97 Å². The van der Waals surface area contributed by atoms with E-state index in [9.17, 15) is 10.1 Å². The number of carbonyl (C=O) groups is 1. The van der Waals surface area contributed by atoms with E-state index in [4.69, 9.17) is 36.0 Å². The average molecular weight is 563 g/mol. The quantitative estimate of drug-likeness (QED) is 0.169. The normalized spacial score (nSPS) is 14.2. The van der Waals surface area contributed by atoms with Crippen LogP contribution in [0, 0.1) is 18.3 Å². The third-order valence-corrected chi connectivity index (χ3v) is 7.34. The van der Waals surface area contributed by atoms with Crippen molar-refractivity contribution in [3.05, 3.63) is 135 Å². The monoisotopic (exact) mass is 562 g/mol. The maximum absolute atomic E-state index is 13.0. The first kappa shape index (κ1) is 26.1. The highest BCUT2D eigenvalue weighted by molar-refractivity contribution is 6.31. The molecule has 0 fully saturated rings. The van der Waals surface area contributed by atoms with Crippen LogP contribution in [-0.2, 0) is 6.61 Å². The average Bonchev–Trinajstić information content (AvgIpc) is 3.32. The van der Waals surface area contributed by atoms with Gasteiger partial charge in [-0.15, -0.1) is 0 Å². The lowest BCUT2D eigenvalue weighted by Crippen LogP contribution is -2.21. The summed E-state index contributed by atoms with van der Waals surface area (Å²) in [7, 11) is 0. The van der Waals surface area contributed by atoms with Gasteiger partial charge in [0.2, 0.25) is 11.6 Å². The molecule has 41 heavy (non-hydrogen) atoms.